The van der Waals surface area contributed by atoms with Gasteiger partial charge in [-0.15, -0.1) is 0 Å². The first-order valence-electron chi connectivity index (χ1n) is 10.0. The molecule has 0 amide bonds. The molecule has 0 spiro atoms. The zero-order valence-corrected chi connectivity index (χ0v) is 26.2. The van der Waals surface area contributed by atoms with Crippen LogP contribution in [0.15, 0.2) is 0 Å². The van der Waals surface area contributed by atoms with Gasteiger partial charge in [-0.1, -0.05) is 90.0 Å². The Bertz CT molecular complexity index is 419. The van der Waals surface area contributed by atoms with E-state index in [2.05, 4.69) is 76.2 Å². The molecule has 0 aliphatic rings. The van der Waals surface area contributed by atoms with Crippen LogP contribution < -0.4 is 0 Å². The second-order valence-corrected chi connectivity index (χ2v) is 11.3. The van der Waals surface area contributed by atoms with Crippen LogP contribution in [0.2, 0.25) is 0 Å². The first-order chi connectivity index (χ1) is 10.9. The topological polar surface area (TPSA) is 37.3 Å². The van der Waals surface area contributed by atoms with Gasteiger partial charge in [-0.2, -0.15) is 0 Å². The van der Waals surface area contributed by atoms with Gasteiger partial charge in [0.15, 0.2) is 0 Å². The Morgan fingerprint density at radius 3 is 1.33 bits per heavy atom. The summed E-state index contributed by atoms with van der Waals surface area (Å²) in [4.78, 5) is 13.3. The van der Waals surface area contributed by atoms with Gasteiger partial charge in [-0.05, 0) is 35.5 Å². The Morgan fingerprint density at radius 1 is 0.704 bits per heavy atom. The second kappa shape index (κ2) is 12.8. The summed E-state index contributed by atoms with van der Waals surface area (Å²) >= 11 is 0. The van der Waals surface area contributed by atoms with Crippen LogP contribution in [0.5, 0.6) is 0 Å². The number of aliphatic hydroxyl groups excluding tert-OH is 1. The third-order valence-corrected chi connectivity index (χ3v) is 5.65. The molecule has 0 aromatic carbocycles. The van der Waals surface area contributed by atoms with Crippen molar-refractivity contribution in [3.05, 3.63) is 0 Å². The van der Waals surface area contributed by atoms with E-state index in [-0.39, 0.29) is 83.4 Å². The van der Waals surface area contributed by atoms with E-state index in [0.717, 1.165) is 19.3 Å². The van der Waals surface area contributed by atoms with Gasteiger partial charge in [-0.25, -0.2) is 0 Å². The van der Waals surface area contributed by atoms with Crippen molar-refractivity contribution in [2.24, 2.45) is 27.1 Å². The van der Waals surface area contributed by atoms with E-state index in [1.165, 1.54) is 0 Å². The maximum Gasteiger partial charge on any atom is 0.144 e. The third kappa shape index (κ3) is 11.9. The molecule has 0 aliphatic heterocycles. The number of carbonyl (C=O) groups excluding carboxylic acids is 1. The Morgan fingerprint density at radius 2 is 1.04 bits per heavy atom. The molecule has 0 bridgehead atoms. The molecule has 0 unspecified atom stereocenters. The molecule has 0 rings (SSSR count). The molecule has 4 heteroatoms. The fourth-order valence-corrected chi connectivity index (χ4v) is 4.36. The molecule has 0 saturated carbocycles. The molecule has 1 N–H and O–H groups in total. The van der Waals surface area contributed by atoms with Gasteiger partial charge < -0.3 is 5.11 Å². The number of hydrogen-bond donors (Lipinski definition) is 1. The monoisotopic (exact) mass is 645 g/mol. The zero-order valence-electron chi connectivity index (χ0n) is 20.6. The summed E-state index contributed by atoms with van der Waals surface area (Å²) in [6.45, 7) is 28.0. The van der Waals surface area contributed by atoms with Gasteiger partial charge in [-0.3, -0.25) is 4.79 Å². The summed E-state index contributed by atoms with van der Waals surface area (Å²) in [6.07, 6.45) is 2.48. The van der Waals surface area contributed by atoms with Crippen molar-refractivity contribution in [3.63, 3.8) is 0 Å². The predicted molar refractivity (Wildman–Crippen MR) is 112 cm³/mol. The normalized spacial score (nSPS) is 13.0. The molecular formula is C23H48O2UV. The van der Waals surface area contributed by atoms with Crippen LogP contribution in [-0.4, -0.2) is 17.5 Å². The Kier molecular flexibility index (Phi) is 17.0. The molecule has 0 aromatic rings. The molecule has 2 nitrogen and oxygen atoms in total. The summed E-state index contributed by atoms with van der Waals surface area (Å²) in [7, 11) is 0. The second-order valence-electron chi connectivity index (χ2n) is 11.3. The molecule has 0 atom stereocenters. The van der Waals surface area contributed by atoms with Crippen LogP contribution in [0, 0.1) is 58.2 Å². The first-order valence-corrected chi connectivity index (χ1v) is 10.0. The average Bonchev–Trinajstić information content (AvgIpc) is 2.35. The molecule has 161 valence electrons. The molecule has 1 radical (unpaired) electrons. The molecule has 0 aromatic heterocycles. The van der Waals surface area contributed by atoms with E-state index in [1.54, 1.807) is 0 Å². The molecular weight excluding hydrogens is 597 g/mol. The van der Waals surface area contributed by atoms with Crippen molar-refractivity contribution < 1.29 is 59.6 Å². The summed E-state index contributed by atoms with van der Waals surface area (Å²) in [5.74, 6) is 0.354. The van der Waals surface area contributed by atoms with Gasteiger partial charge >= 0.3 is 0 Å². The van der Waals surface area contributed by atoms with E-state index in [9.17, 15) is 9.90 Å². The maximum absolute atomic E-state index is 13.3. The first kappa shape index (κ1) is 35.7. The van der Waals surface area contributed by atoms with Crippen LogP contribution in [0.3, 0.4) is 0 Å². The Balaban J connectivity index is -0.000000637. The van der Waals surface area contributed by atoms with E-state index < -0.39 is 0 Å². The van der Waals surface area contributed by atoms with Crippen LogP contribution in [-0.2, 0) is 23.4 Å². The van der Waals surface area contributed by atoms with Crippen molar-refractivity contribution in [1.29, 1.82) is 0 Å². The number of rotatable bonds is 8. The number of ketones is 1. The minimum Gasteiger partial charge on any atom is -0.396 e. The molecule has 0 fully saturated rings. The standard InChI is InChI=1S/C21H42O2.C2H6.U.V/c1-17(2,3)14-18(4,5)16(23)19(6,7)15-21(10,11)20(8,9)12-13-22;1-2;;/h22H,12-15H2,1-11H3;1-2H3;;. The van der Waals surface area contributed by atoms with Crippen molar-refractivity contribution >= 4 is 5.78 Å². The smallest absolute Gasteiger partial charge is 0.144 e. The summed E-state index contributed by atoms with van der Waals surface area (Å²) < 4.78 is 0. The van der Waals surface area contributed by atoms with Crippen LogP contribution in [0.1, 0.15) is 109 Å². The fraction of sp³-hybridized carbons (Fsp3) is 0.957. The number of carbonyl (C=O) groups is 1. The Hall–Kier alpha value is 1.27. The number of aliphatic hydroxyl groups is 1. The largest absolute Gasteiger partial charge is 0.396 e. The fourth-order valence-electron chi connectivity index (χ4n) is 4.36. The number of Topliss-reactive ketones (excluding diaryl/α,β-unsaturated/α-hetero) is 1. The van der Waals surface area contributed by atoms with Gasteiger partial charge in [0.1, 0.15) is 5.78 Å². The van der Waals surface area contributed by atoms with Crippen molar-refractivity contribution in [3.8, 4) is 0 Å². The minimum atomic E-state index is -0.370. The van der Waals surface area contributed by atoms with Crippen LogP contribution in [0.25, 0.3) is 0 Å². The van der Waals surface area contributed by atoms with E-state index in [0.29, 0.717) is 5.78 Å². The predicted octanol–water partition coefficient (Wildman–Crippen LogP) is 6.89. The number of hydrogen-bond acceptors (Lipinski definition) is 2. The van der Waals surface area contributed by atoms with E-state index in [4.69, 9.17) is 0 Å². The van der Waals surface area contributed by atoms with E-state index >= 15 is 0 Å². The Labute approximate surface area is 207 Å². The summed E-state index contributed by atoms with van der Waals surface area (Å²) in [5, 5.41) is 9.36. The van der Waals surface area contributed by atoms with Gasteiger partial charge in [0.25, 0.3) is 0 Å². The van der Waals surface area contributed by atoms with Crippen LogP contribution in [0.4, 0.5) is 0 Å². The van der Waals surface area contributed by atoms with E-state index in [1.807, 2.05) is 13.8 Å². The third-order valence-electron chi connectivity index (χ3n) is 5.65. The van der Waals surface area contributed by atoms with Crippen molar-refractivity contribution in [2.75, 3.05) is 6.61 Å². The summed E-state index contributed by atoms with van der Waals surface area (Å²) in [5.41, 5.74) is -0.578. The van der Waals surface area contributed by atoms with Crippen molar-refractivity contribution in [2.45, 2.75) is 109 Å². The summed E-state index contributed by atoms with van der Waals surface area (Å²) in [6, 6.07) is 0. The average molecular weight is 646 g/mol. The molecule has 27 heavy (non-hydrogen) atoms. The quantitative estimate of drug-likeness (QED) is 0.312. The minimum absolute atomic E-state index is 0. The van der Waals surface area contributed by atoms with Crippen molar-refractivity contribution in [1.82, 2.24) is 0 Å². The molecule has 0 saturated heterocycles. The van der Waals surface area contributed by atoms with Gasteiger partial charge in [0.2, 0.25) is 0 Å². The maximum atomic E-state index is 13.3. The molecule has 0 aliphatic carbocycles. The zero-order chi connectivity index (χ0) is 20.9. The van der Waals surface area contributed by atoms with Gasteiger partial charge in [0, 0.05) is 67.1 Å². The SMILES string of the molecule is CC.CC(C)(C)CC(C)(C)C(=O)C(C)(C)CC(C)(C)C(C)(C)CCO.[U].[V]. The van der Waals surface area contributed by atoms with Gasteiger partial charge in [0.05, 0.1) is 0 Å². The van der Waals surface area contributed by atoms with Crippen LogP contribution >= 0.6 is 0 Å². The molecule has 0 heterocycles.